The zero-order chi connectivity index (χ0) is 20.1. The van der Waals surface area contributed by atoms with Crippen LogP contribution in [-0.2, 0) is 17.4 Å². The van der Waals surface area contributed by atoms with Crippen LogP contribution in [-0.4, -0.2) is 26.1 Å². The Kier molecular flexibility index (Phi) is 5.72. The van der Waals surface area contributed by atoms with Crippen LogP contribution in [0, 0.1) is 0 Å². The van der Waals surface area contributed by atoms with Crippen LogP contribution in [0.2, 0.25) is 0 Å². The van der Waals surface area contributed by atoms with Crippen molar-refractivity contribution in [1.29, 1.82) is 0 Å². The molecule has 6 nitrogen and oxygen atoms in total. The molecule has 146 valence electrons. The summed E-state index contributed by atoms with van der Waals surface area (Å²) in [6, 6.07) is 12.9. The average molecular weight is 389 g/mol. The molecular formula is C19H18F3N5O. The summed E-state index contributed by atoms with van der Waals surface area (Å²) in [5.74, 6) is -0.388. The van der Waals surface area contributed by atoms with Gasteiger partial charge in [-0.2, -0.15) is 13.2 Å². The van der Waals surface area contributed by atoms with E-state index in [1.165, 1.54) is 17.1 Å². The second kappa shape index (κ2) is 8.20. The molecule has 0 unspecified atom stereocenters. The van der Waals surface area contributed by atoms with E-state index in [4.69, 9.17) is 0 Å². The predicted octanol–water partition coefficient (Wildman–Crippen LogP) is 3.35. The maximum Gasteiger partial charge on any atom is 0.416 e. The van der Waals surface area contributed by atoms with Gasteiger partial charge in [-0.25, -0.2) is 4.68 Å². The smallest absolute Gasteiger partial charge is 0.348 e. The Labute approximate surface area is 159 Å². The van der Waals surface area contributed by atoms with Crippen molar-refractivity contribution in [2.45, 2.75) is 31.6 Å². The lowest BCUT2D eigenvalue weighted by Gasteiger charge is -2.21. The van der Waals surface area contributed by atoms with Gasteiger partial charge in [0.1, 0.15) is 12.4 Å². The third kappa shape index (κ3) is 4.73. The fraction of sp³-hybridized carbons (Fsp3) is 0.263. The van der Waals surface area contributed by atoms with Gasteiger partial charge < -0.3 is 5.32 Å². The molecule has 0 fully saturated rings. The summed E-state index contributed by atoms with van der Waals surface area (Å²) in [5.41, 5.74) is 0.510. The molecule has 1 aromatic heterocycles. The molecule has 0 aliphatic carbocycles. The van der Waals surface area contributed by atoms with Crippen LogP contribution in [0.15, 0.2) is 60.9 Å². The molecule has 1 amide bonds. The number of rotatable bonds is 6. The molecule has 9 heteroatoms. The lowest BCUT2D eigenvalue weighted by atomic mass is 10.0. The van der Waals surface area contributed by atoms with Crippen molar-refractivity contribution in [2.24, 2.45) is 0 Å². The van der Waals surface area contributed by atoms with Gasteiger partial charge in [0.05, 0.1) is 11.6 Å². The Bertz CT molecular complexity index is 913. The van der Waals surface area contributed by atoms with E-state index < -0.39 is 23.8 Å². The van der Waals surface area contributed by atoms with Gasteiger partial charge in [-0.05, 0) is 40.6 Å². The van der Waals surface area contributed by atoms with Crippen molar-refractivity contribution >= 4 is 5.91 Å². The number of benzene rings is 2. The van der Waals surface area contributed by atoms with Gasteiger partial charge in [-0.15, -0.1) is 5.10 Å². The summed E-state index contributed by atoms with van der Waals surface area (Å²) >= 11 is 0. The number of nitrogens with one attached hydrogen (secondary N) is 1. The minimum absolute atomic E-state index is 0.340. The van der Waals surface area contributed by atoms with Gasteiger partial charge in [0.15, 0.2) is 0 Å². The van der Waals surface area contributed by atoms with Gasteiger partial charge in [0.25, 0.3) is 0 Å². The van der Waals surface area contributed by atoms with Crippen molar-refractivity contribution < 1.29 is 18.0 Å². The van der Waals surface area contributed by atoms with Crippen LogP contribution in [0.25, 0.3) is 0 Å². The zero-order valence-electron chi connectivity index (χ0n) is 15.0. The number of tetrazole rings is 1. The topological polar surface area (TPSA) is 72.7 Å². The standard InChI is InChI=1S/C19H18F3N5O/c1-13(15-8-5-9-16(11-15)19(20,21)22)24-18(28)17(27-12-23-25-26-27)10-14-6-3-2-4-7-14/h2-9,11-13,17H,10H2,1H3,(H,24,28)/t13-,17+/m0/s1. The summed E-state index contributed by atoms with van der Waals surface area (Å²) in [7, 11) is 0. The molecule has 0 aliphatic heterocycles. The van der Waals surface area contributed by atoms with Crippen LogP contribution >= 0.6 is 0 Å². The van der Waals surface area contributed by atoms with Crippen LogP contribution in [0.1, 0.15) is 35.7 Å². The van der Waals surface area contributed by atoms with E-state index in [9.17, 15) is 18.0 Å². The number of aromatic nitrogens is 4. The first-order valence-corrected chi connectivity index (χ1v) is 8.58. The van der Waals surface area contributed by atoms with Crippen LogP contribution in [0.3, 0.4) is 0 Å². The Morgan fingerprint density at radius 1 is 1.14 bits per heavy atom. The highest BCUT2D eigenvalue weighted by Crippen LogP contribution is 2.30. The summed E-state index contributed by atoms with van der Waals surface area (Å²) in [6.45, 7) is 1.63. The van der Waals surface area contributed by atoms with Crippen molar-refractivity contribution in [3.8, 4) is 0 Å². The summed E-state index contributed by atoms with van der Waals surface area (Å²) in [4.78, 5) is 12.9. The Balaban J connectivity index is 1.78. The molecule has 3 aromatic rings. The SMILES string of the molecule is C[C@H](NC(=O)[C@@H](Cc1ccccc1)n1cnnn1)c1cccc(C(F)(F)F)c1. The molecular weight excluding hydrogens is 371 g/mol. The minimum atomic E-state index is -4.44. The van der Waals surface area contributed by atoms with E-state index in [1.807, 2.05) is 30.3 Å². The van der Waals surface area contributed by atoms with E-state index in [-0.39, 0.29) is 5.91 Å². The van der Waals surface area contributed by atoms with Gasteiger partial charge in [0.2, 0.25) is 5.91 Å². The minimum Gasteiger partial charge on any atom is -0.348 e. The number of halogens is 3. The molecule has 0 radical (unpaired) electrons. The predicted molar refractivity (Wildman–Crippen MR) is 95.0 cm³/mol. The molecule has 2 atom stereocenters. The van der Waals surface area contributed by atoms with Crippen molar-refractivity contribution in [3.05, 3.63) is 77.6 Å². The van der Waals surface area contributed by atoms with E-state index >= 15 is 0 Å². The normalized spacial score (nSPS) is 13.7. The lowest BCUT2D eigenvalue weighted by Crippen LogP contribution is -2.36. The summed E-state index contributed by atoms with van der Waals surface area (Å²) in [6.07, 6.45) is -2.77. The quantitative estimate of drug-likeness (QED) is 0.702. The largest absolute Gasteiger partial charge is 0.416 e. The number of hydrogen-bond donors (Lipinski definition) is 1. The number of alkyl halides is 3. The van der Waals surface area contributed by atoms with E-state index in [2.05, 4.69) is 20.8 Å². The zero-order valence-corrected chi connectivity index (χ0v) is 15.0. The van der Waals surface area contributed by atoms with Crippen LogP contribution in [0.5, 0.6) is 0 Å². The van der Waals surface area contributed by atoms with Gasteiger partial charge in [-0.3, -0.25) is 4.79 Å². The monoisotopic (exact) mass is 389 g/mol. The van der Waals surface area contributed by atoms with E-state index in [0.717, 1.165) is 17.7 Å². The first-order valence-electron chi connectivity index (χ1n) is 8.58. The second-order valence-corrected chi connectivity index (χ2v) is 6.35. The van der Waals surface area contributed by atoms with E-state index in [0.29, 0.717) is 12.0 Å². The first kappa shape index (κ1) is 19.5. The maximum atomic E-state index is 12.9. The van der Waals surface area contributed by atoms with Crippen LogP contribution < -0.4 is 5.32 Å². The van der Waals surface area contributed by atoms with Gasteiger partial charge >= 0.3 is 6.18 Å². The van der Waals surface area contributed by atoms with Crippen molar-refractivity contribution in [3.63, 3.8) is 0 Å². The molecule has 0 saturated carbocycles. The molecule has 0 bridgehead atoms. The van der Waals surface area contributed by atoms with Crippen molar-refractivity contribution in [1.82, 2.24) is 25.5 Å². The highest BCUT2D eigenvalue weighted by molar-refractivity contribution is 5.81. The second-order valence-electron chi connectivity index (χ2n) is 6.35. The third-order valence-corrected chi connectivity index (χ3v) is 4.33. The molecule has 1 N–H and O–H groups in total. The van der Waals surface area contributed by atoms with E-state index in [1.54, 1.807) is 13.0 Å². The number of hydrogen-bond acceptors (Lipinski definition) is 4. The highest BCUT2D eigenvalue weighted by Gasteiger charge is 2.31. The highest BCUT2D eigenvalue weighted by atomic mass is 19.4. The fourth-order valence-corrected chi connectivity index (χ4v) is 2.83. The number of carbonyl (C=O) groups excluding carboxylic acids is 1. The molecule has 0 spiro atoms. The summed E-state index contributed by atoms with van der Waals surface area (Å²) < 4.78 is 40.1. The number of carbonyl (C=O) groups is 1. The van der Waals surface area contributed by atoms with Gasteiger partial charge in [-0.1, -0.05) is 42.5 Å². The maximum absolute atomic E-state index is 12.9. The molecule has 3 rings (SSSR count). The summed E-state index contributed by atoms with van der Waals surface area (Å²) in [5, 5.41) is 13.7. The molecule has 2 aromatic carbocycles. The van der Waals surface area contributed by atoms with Crippen molar-refractivity contribution in [2.75, 3.05) is 0 Å². The fourth-order valence-electron chi connectivity index (χ4n) is 2.83. The number of nitrogens with zero attached hydrogens (tertiary/aromatic N) is 4. The van der Waals surface area contributed by atoms with Gasteiger partial charge in [0, 0.05) is 6.42 Å². The van der Waals surface area contributed by atoms with Crippen LogP contribution in [0.4, 0.5) is 13.2 Å². The lowest BCUT2D eigenvalue weighted by molar-refractivity contribution is -0.137. The average Bonchev–Trinajstić information content (AvgIpc) is 3.20. The Hall–Kier alpha value is -3.23. The number of amides is 1. The first-order chi connectivity index (χ1) is 13.3. The Morgan fingerprint density at radius 2 is 1.89 bits per heavy atom. The third-order valence-electron chi connectivity index (χ3n) is 4.33. The molecule has 1 heterocycles. The molecule has 28 heavy (non-hydrogen) atoms. The molecule has 0 saturated heterocycles. The Morgan fingerprint density at radius 3 is 2.54 bits per heavy atom. The molecule has 0 aliphatic rings.